The zero-order valence-corrected chi connectivity index (χ0v) is 15.1. The SMILES string of the molecule is CCOc1cc2c(c([N+](=O)[O-])c1)N[C@H](c1ccc(Cl)cc1)[C@H]1CC=C[C@@H]21. The average Bonchev–Trinajstić information content (AvgIpc) is 3.11. The van der Waals surface area contributed by atoms with Crippen molar-refractivity contribution >= 4 is 23.0 Å². The number of anilines is 1. The van der Waals surface area contributed by atoms with Crippen LogP contribution in [0.25, 0.3) is 0 Å². The molecule has 5 nitrogen and oxygen atoms in total. The molecule has 1 heterocycles. The molecule has 0 bridgehead atoms. The molecule has 0 aromatic heterocycles. The third kappa shape index (κ3) is 2.82. The fourth-order valence-electron chi connectivity index (χ4n) is 4.05. The second-order valence-electron chi connectivity index (χ2n) is 6.62. The number of nitrogens with zero attached hydrogens (tertiary/aromatic N) is 1. The second-order valence-corrected chi connectivity index (χ2v) is 7.06. The minimum atomic E-state index is -0.341. The van der Waals surface area contributed by atoms with E-state index < -0.39 is 0 Å². The number of nitrogens with one attached hydrogen (secondary N) is 1. The van der Waals surface area contributed by atoms with Crippen molar-refractivity contribution in [3.63, 3.8) is 0 Å². The van der Waals surface area contributed by atoms with Crippen LogP contribution in [0.4, 0.5) is 11.4 Å². The Balaban J connectivity index is 1.83. The predicted octanol–water partition coefficient (Wildman–Crippen LogP) is 5.47. The lowest BCUT2D eigenvalue weighted by molar-refractivity contribution is -0.384. The first kappa shape index (κ1) is 16.9. The van der Waals surface area contributed by atoms with Crippen molar-refractivity contribution in [3.8, 4) is 5.75 Å². The van der Waals surface area contributed by atoms with Gasteiger partial charge in [0.2, 0.25) is 0 Å². The Morgan fingerprint density at radius 2 is 2.08 bits per heavy atom. The fourth-order valence-corrected chi connectivity index (χ4v) is 4.17. The predicted molar refractivity (Wildman–Crippen MR) is 102 cm³/mol. The van der Waals surface area contributed by atoms with Crippen molar-refractivity contribution in [3.05, 3.63) is 74.8 Å². The van der Waals surface area contributed by atoms with Gasteiger partial charge in [0, 0.05) is 10.9 Å². The number of halogens is 1. The molecule has 0 saturated carbocycles. The Hall–Kier alpha value is -2.53. The molecular formula is C20H19ClN2O3. The number of ether oxygens (including phenoxy) is 1. The van der Waals surface area contributed by atoms with Crippen molar-refractivity contribution in [2.75, 3.05) is 11.9 Å². The van der Waals surface area contributed by atoms with Gasteiger partial charge in [-0.3, -0.25) is 10.1 Å². The molecule has 0 amide bonds. The Labute approximate surface area is 156 Å². The van der Waals surface area contributed by atoms with Crippen molar-refractivity contribution in [2.45, 2.75) is 25.3 Å². The van der Waals surface area contributed by atoms with Crippen LogP contribution < -0.4 is 10.1 Å². The minimum absolute atomic E-state index is 0.00332. The summed E-state index contributed by atoms with van der Waals surface area (Å²) >= 11 is 6.02. The Morgan fingerprint density at radius 3 is 2.77 bits per heavy atom. The van der Waals surface area contributed by atoms with Gasteiger partial charge in [-0.05, 0) is 48.6 Å². The second kappa shape index (κ2) is 6.65. The molecule has 134 valence electrons. The first-order chi connectivity index (χ1) is 12.6. The van der Waals surface area contributed by atoms with Crippen LogP contribution in [0.1, 0.15) is 36.4 Å². The number of hydrogen-bond acceptors (Lipinski definition) is 4. The van der Waals surface area contributed by atoms with E-state index in [-0.39, 0.29) is 22.6 Å². The average molecular weight is 371 g/mol. The molecular weight excluding hydrogens is 352 g/mol. The van der Waals surface area contributed by atoms with Gasteiger partial charge in [-0.1, -0.05) is 35.9 Å². The standard InChI is InChI=1S/C20H19ClN2O3/c1-2-26-14-10-17-15-4-3-5-16(15)19(12-6-8-13(21)9-7-12)22-20(17)18(11-14)23(24)25/h3-4,6-11,15-16,19,22H,2,5H2,1H3/t15-,16+,19-/m1/s1. The van der Waals surface area contributed by atoms with Crippen LogP contribution in [-0.4, -0.2) is 11.5 Å². The van der Waals surface area contributed by atoms with Crippen molar-refractivity contribution in [1.29, 1.82) is 0 Å². The maximum absolute atomic E-state index is 11.7. The highest BCUT2D eigenvalue weighted by atomic mass is 35.5. The summed E-state index contributed by atoms with van der Waals surface area (Å²) in [5, 5.41) is 15.8. The number of nitro benzene ring substituents is 1. The third-order valence-electron chi connectivity index (χ3n) is 5.16. The summed E-state index contributed by atoms with van der Waals surface area (Å²) in [6.07, 6.45) is 5.25. The molecule has 1 N–H and O–H groups in total. The molecule has 6 heteroatoms. The zero-order valence-electron chi connectivity index (χ0n) is 14.3. The van der Waals surface area contributed by atoms with E-state index in [2.05, 4.69) is 17.5 Å². The molecule has 0 saturated heterocycles. The number of nitro groups is 1. The molecule has 0 radical (unpaired) electrons. The van der Waals surface area contributed by atoms with Gasteiger partial charge >= 0.3 is 0 Å². The maximum atomic E-state index is 11.7. The molecule has 2 aliphatic rings. The lowest BCUT2D eigenvalue weighted by Gasteiger charge is -2.37. The number of hydrogen-bond donors (Lipinski definition) is 1. The number of fused-ring (bicyclic) bond motifs is 3. The summed E-state index contributed by atoms with van der Waals surface area (Å²) in [5.41, 5.74) is 2.67. The van der Waals surface area contributed by atoms with E-state index >= 15 is 0 Å². The Morgan fingerprint density at radius 1 is 1.31 bits per heavy atom. The van der Waals surface area contributed by atoms with E-state index in [4.69, 9.17) is 16.3 Å². The van der Waals surface area contributed by atoms with Gasteiger partial charge < -0.3 is 10.1 Å². The third-order valence-corrected chi connectivity index (χ3v) is 5.41. The van der Waals surface area contributed by atoms with E-state index in [9.17, 15) is 10.1 Å². The number of allylic oxidation sites excluding steroid dienone is 2. The highest BCUT2D eigenvalue weighted by molar-refractivity contribution is 6.30. The Kier molecular flexibility index (Phi) is 4.32. The molecule has 1 aliphatic carbocycles. The summed E-state index contributed by atoms with van der Waals surface area (Å²) in [4.78, 5) is 11.3. The first-order valence-electron chi connectivity index (χ1n) is 8.72. The molecule has 0 spiro atoms. The van der Waals surface area contributed by atoms with Gasteiger partial charge in [-0.2, -0.15) is 0 Å². The molecule has 1 aliphatic heterocycles. The lowest BCUT2D eigenvalue weighted by atomic mass is 9.76. The van der Waals surface area contributed by atoms with Gasteiger partial charge in [0.1, 0.15) is 11.4 Å². The van der Waals surface area contributed by atoms with Crippen molar-refractivity contribution in [1.82, 2.24) is 0 Å². The van der Waals surface area contributed by atoms with Crippen molar-refractivity contribution < 1.29 is 9.66 Å². The molecule has 0 unspecified atom stereocenters. The van der Waals surface area contributed by atoms with E-state index in [1.807, 2.05) is 37.3 Å². The van der Waals surface area contributed by atoms with Crippen molar-refractivity contribution in [2.24, 2.45) is 5.92 Å². The summed E-state index contributed by atoms with van der Waals surface area (Å²) < 4.78 is 5.56. The Bertz CT molecular complexity index is 879. The van der Waals surface area contributed by atoms with Crippen LogP contribution in [-0.2, 0) is 0 Å². The molecule has 3 atom stereocenters. The summed E-state index contributed by atoms with van der Waals surface area (Å²) in [5.74, 6) is 0.981. The van der Waals surface area contributed by atoms with Gasteiger partial charge in [0.05, 0.1) is 23.6 Å². The zero-order chi connectivity index (χ0) is 18.3. The molecule has 2 aromatic carbocycles. The highest BCUT2D eigenvalue weighted by Gasteiger charge is 2.41. The molecule has 26 heavy (non-hydrogen) atoms. The minimum Gasteiger partial charge on any atom is -0.494 e. The summed E-state index contributed by atoms with van der Waals surface area (Å²) in [6.45, 7) is 2.35. The topological polar surface area (TPSA) is 64.4 Å². The maximum Gasteiger partial charge on any atom is 0.296 e. The van der Waals surface area contributed by atoms with Crippen LogP contribution in [0.15, 0.2) is 48.6 Å². The van der Waals surface area contributed by atoms with Crippen LogP contribution in [0.5, 0.6) is 5.75 Å². The monoisotopic (exact) mass is 370 g/mol. The van der Waals surface area contributed by atoms with E-state index in [0.717, 1.165) is 17.5 Å². The van der Waals surface area contributed by atoms with Crippen LogP contribution in [0.3, 0.4) is 0 Å². The van der Waals surface area contributed by atoms with Gasteiger partial charge in [-0.15, -0.1) is 0 Å². The quantitative estimate of drug-likeness (QED) is 0.440. The number of benzene rings is 2. The van der Waals surface area contributed by atoms with Crippen LogP contribution >= 0.6 is 11.6 Å². The number of rotatable bonds is 4. The van der Waals surface area contributed by atoms with E-state index in [0.29, 0.717) is 29.0 Å². The van der Waals surface area contributed by atoms with Crippen LogP contribution in [0.2, 0.25) is 5.02 Å². The molecule has 4 rings (SSSR count). The summed E-state index contributed by atoms with van der Waals surface area (Å²) in [7, 11) is 0. The smallest absolute Gasteiger partial charge is 0.296 e. The highest BCUT2D eigenvalue weighted by Crippen LogP contribution is 2.53. The fraction of sp³-hybridized carbons (Fsp3) is 0.300. The normalized spacial score (nSPS) is 23.1. The van der Waals surface area contributed by atoms with Gasteiger partial charge in [0.15, 0.2) is 0 Å². The van der Waals surface area contributed by atoms with E-state index in [1.165, 1.54) is 6.07 Å². The molecule has 2 aromatic rings. The van der Waals surface area contributed by atoms with Gasteiger partial charge in [-0.25, -0.2) is 0 Å². The van der Waals surface area contributed by atoms with Crippen LogP contribution in [0, 0.1) is 16.0 Å². The largest absolute Gasteiger partial charge is 0.494 e. The first-order valence-corrected chi connectivity index (χ1v) is 9.10. The lowest BCUT2D eigenvalue weighted by Crippen LogP contribution is -2.29. The summed E-state index contributed by atoms with van der Waals surface area (Å²) in [6, 6.07) is 11.1. The van der Waals surface area contributed by atoms with Gasteiger partial charge in [0.25, 0.3) is 5.69 Å². The molecule has 0 fully saturated rings. The van der Waals surface area contributed by atoms with E-state index in [1.54, 1.807) is 0 Å².